The van der Waals surface area contributed by atoms with Crippen LogP contribution in [0.15, 0.2) is 29.2 Å². The molecule has 1 spiro atoms. The SMILES string of the molecule is CC1CC2(CC(c3ccc(=O)[nH]c3)N1)OCCc1cc(Cl)sc12. The first-order valence-electron chi connectivity index (χ1n) is 7.93. The Kier molecular flexibility index (Phi) is 3.84. The molecule has 2 aromatic heterocycles. The minimum absolute atomic E-state index is 0.0754. The van der Waals surface area contributed by atoms with Crippen molar-refractivity contribution in [1.82, 2.24) is 10.3 Å². The van der Waals surface area contributed by atoms with Crippen LogP contribution in [0.3, 0.4) is 0 Å². The maximum Gasteiger partial charge on any atom is 0.247 e. The molecule has 0 saturated carbocycles. The summed E-state index contributed by atoms with van der Waals surface area (Å²) in [6.45, 7) is 2.93. The molecule has 122 valence electrons. The summed E-state index contributed by atoms with van der Waals surface area (Å²) in [7, 11) is 0. The monoisotopic (exact) mass is 350 g/mol. The lowest BCUT2D eigenvalue weighted by molar-refractivity contribution is -0.0954. The van der Waals surface area contributed by atoms with Gasteiger partial charge in [-0.05, 0) is 37.0 Å². The Bertz CT molecular complexity index is 767. The number of aromatic amines is 1. The van der Waals surface area contributed by atoms with Gasteiger partial charge in [0.05, 0.1) is 10.9 Å². The van der Waals surface area contributed by atoms with E-state index in [9.17, 15) is 4.79 Å². The highest BCUT2D eigenvalue weighted by atomic mass is 35.5. The third-order valence-corrected chi connectivity index (χ3v) is 6.30. The summed E-state index contributed by atoms with van der Waals surface area (Å²) in [5.74, 6) is 0. The highest BCUT2D eigenvalue weighted by molar-refractivity contribution is 7.16. The number of thiophene rings is 1. The van der Waals surface area contributed by atoms with Crippen molar-refractivity contribution < 1.29 is 4.74 Å². The Hall–Kier alpha value is -1.14. The van der Waals surface area contributed by atoms with E-state index < -0.39 is 0 Å². The van der Waals surface area contributed by atoms with Crippen LogP contribution in [0, 0.1) is 0 Å². The topological polar surface area (TPSA) is 54.1 Å². The van der Waals surface area contributed by atoms with Gasteiger partial charge in [-0.2, -0.15) is 0 Å². The van der Waals surface area contributed by atoms with Crippen LogP contribution >= 0.6 is 22.9 Å². The second-order valence-corrected chi connectivity index (χ2v) is 8.20. The highest BCUT2D eigenvalue weighted by Crippen LogP contribution is 2.49. The number of fused-ring (bicyclic) bond motifs is 2. The number of hydrogen-bond donors (Lipinski definition) is 2. The van der Waals surface area contributed by atoms with Gasteiger partial charge in [-0.25, -0.2) is 0 Å². The van der Waals surface area contributed by atoms with E-state index in [1.165, 1.54) is 10.4 Å². The zero-order chi connectivity index (χ0) is 16.0. The number of pyridine rings is 1. The van der Waals surface area contributed by atoms with Gasteiger partial charge in [-0.3, -0.25) is 4.79 Å². The maximum atomic E-state index is 11.3. The van der Waals surface area contributed by atoms with Crippen molar-refractivity contribution in [1.29, 1.82) is 0 Å². The number of hydrogen-bond acceptors (Lipinski definition) is 4. The predicted molar refractivity (Wildman–Crippen MR) is 92.3 cm³/mol. The average molecular weight is 351 g/mol. The van der Waals surface area contributed by atoms with Crippen molar-refractivity contribution in [2.75, 3.05) is 6.61 Å². The van der Waals surface area contributed by atoms with E-state index >= 15 is 0 Å². The van der Waals surface area contributed by atoms with E-state index in [2.05, 4.69) is 23.3 Å². The van der Waals surface area contributed by atoms with E-state index in [1.54, 1.807) is 23.6 Å². The average Bonchev–Trinajstić information content (AvgIpc) is 2.90. The van der Waals surface area contributed by atoms with Crippen LogP contribution in [0.2, 0.25) is 4.34 Å². The second-order valence-electron chi connectivity index (χ2n) is 6.51. The second kappa shape index (κ2) is 5.74. The highest BCUT2D eigenvalue weighted by Gasteiger charge is 2.46. The largest absolute Gasteiger partial charge is 0.369 e. The summed E-state index contributed by atoms with van der Waals surface area (Å²) in [6, 6.07) is 6.05. The number of rotatable bonds is 1. The molecule has 0 amide bonds. The molecular weight excluding hydrogens is 332 g/mol. The van der Waals surface area contributed by atoms with Crippen LogP contribution in [0.1, 0.15) is 41.8 Å². The maximum absolute atomic E-state index is 11.3. The molecule has 23 heavy (non-hydrogen) atoms. The molecule has 2 aliphatic rings. The van der Waals surface area contributed by atoms with Gasteiger partial charge in [0.25, 0.3) is 0 Å². The van der Waals surface area contributed by atoms with E-state index in [4.69, 9.17) is 16.3 Å². The number of halogens is 1. The molecule has 0 aromatic carbocycles. The molecule has 3 unspecified atom stereocenters. The smallest absolute Gasteiger partial charge is 0.247 e. The van der Waals surface area contributed by atoms with E-state index in [1.807, 2.05) is 6.07 Å². The Balaban J connectivity index is 1.72. The lowest BCUT2D eigenvalue weighted by Crippen LogP contribution is -2.49. The fourth-order valence-corrected chi connectivity index (χ4v) is 5.38. The Morgan fingerprint density at radius 2 is 2.26 bits per heavy atom. The number of nitrogens with one attached hydrogen (secondary N) is 2. The normalized spacial score (nSPS) is 30.3. The van der Waals surface area contributed by atoms with Gasteiger partial charge in [-0.1, -0.05) is 17.7 Å². The summed E-state index contributed by atoms with van der Waals surface area (Å²) in [5.41, 5.74) is 2.08. The molecule has 0 aliphatic carbocycles. The first-order valence-corrected chi connectivity index (χ1v) is 9.12. The minimum Gasteiger partial charge on any atom is -0.369 e. The summed E-state index contributed by atoms with van der Waals surface area (Å²) >= 11 is 7.92. The van der Waals surface area contributed by atoms with Crippen molar-refractivity contribution in [2.24, 2.45) is 0 Å². The van der Waals surface area contributed by atoms with Crippen molar-refractivity contribution in [3.05, 3.63) is 55.1 Å². The van der Waals surface area contributed by atoms with E-state index in [0.29, 0.717) is 6.04 Å². The molecule has 0 bridgehead atoms. The standard InChI is InChI=1S/C17H19ClN2O2S/c1-10-7-17(16-11(4-5-22-17)6-14(18)23-16)8-13(20-10)12-2-3-15(21)19-9-12/h2-3,6,9-10,13,20H,4-5,7-8H2,1H3,(H,19,21). The van der Waals surface area contributed by atoms with Gasteiger partial charge >= 0.3 is 0 Å². The van der Waals surface area contributed by atoms with Gasteiger partial charge in [0.2, 0.25) is 5.56 Å². The molecule has 4 rings (SSSR count). The van der Waals surface area contributed by atoms with Gasteiger partial charge in [0.15, 0.2) is 0 Å². The van der Waals surface area contributed by atoms with Gasteiger partial charge < -0.3 is 15.0 Å². The minimum atomic E-state index is -0.267. The molecule has 6 heteroatoms. The van der Waals surface area contributed by atoms with Crippen LogP contribution in [0.4, 0.5) is 0 Å². The van der Waals surface area contributed by atoms with Crippen LogP contribution in [0.25, 0.3) is 0 Å². The van der Waals surface area contributed by atoms with Crippen molar-refractivity contribution >= 4 is 22.9 Å². The molecule has 3 atom stereocenters. The zero-order valence-corrected chi connectivity index (χ0v) is 14.5. The van der Waals surface area contributed by atoms with Gasteiger partial charge in [0, 0.05) is 35.6 Å². The van der Waals surface area contributed by atoms with Crippen molar-refractivity contribution in [2.45, 2.75) is 43.9 Å². The fraction of sp³-hybridized carbons (Fsp3) is 0.471. The molecule has 4 heterocycles. The molecule has 1 fully saturated rings. The Morgan fingerprint density at radius 3 is 3.04 bits per heavy atom. The summed E-state index contributed by atoms with van der Waals surface area (Å²) < 4.78 is 7.17. The molecular formula is C17H19ClN2O2S. The number of piperidine rings is 1. The number of H-pyrrole nitrogens is 1. The predicted octanol–water partition coefficient (Wildman–Crippen LogP) is 3.37. The molecule has 2 N–H and O–H groups in total. The van der Waals surface area contributed by atoms with E-state index in [-0.39, 0.29) is 17.2 Å². The molecule has 2 aliphatic heterocycles. The molecule has 1 saturated heterocycles. The lowest BCUT2D eigenvalue weighted by Gasteiger charge is -2.46. The third-order valence-electron chi connectivity index (χ3n) is 4.81. The molecule has 4 nitrogen and oxygen atoms in total. The number of aromatic nitrogens is 1. The Labute approximate surface area is 143 Å². The summed E-state index contributed by atoms with van der Waals surface area (Å²) in [4.78, 5) is 15.4. The molecule has 0 radical (unpaired) electrons. The number of ether oxygens (including phenoxy) is 1. The van der Waals surface area contributed by atoms with Crippen LogP contribution in [-0.4, -0.2) is 17.6 Å². The third kappa shape index (κ3) is 2.76. The summed E-state index contributed by atoms with van der Waals surface area (Å²) in [6.07, 6.45) is 4.53. The Morgan fingerprint density at radius 1 is 1.39 bits per heavy atom. The fourth-order valence-electron chi connectivity index (χ4n) is 3.91. The van der Waals surface area contributed by atoms with Crippen LogP contribution in [-0.2, 0) is 16.8 Å². The van der Waals surface area contributed by atoms with Crippen molar-refractivity contribution in [3.63, 3.8) is 0 Å². The quantitative estimate of drug-likeness (QED) is 0.829. The van der Waals surface area contributed by atoms with E-state index in [0.717, 1.165) is 35.8 Å². The summed E-state index contributed by atoms with van der Waals surface area (Å²) in [5, 5.41) is 3.63. The van der Waals surface area contributed by atoms with Crippen molar-refractivity contribution in [3.8, 4) is 0 Å². The first kappa shape index (κ1) is 15.4. The van der Waals surface area contributed by atoms with Gasteiger partial charge in [0.1, 0.15) is 5.60 Å². The van der Waals surface area contributed by atoms with Crippen LogP contribution < -0.4 is 10.9 Å². The zero-order valence-electron chi connectivity index (χ0n) is 12.9. The lowest BCUT2D eigenvalue weighted by atomic mass is 9.78. The van der Waals surface area contributed by atoms with Crippen LogP contribution in [0.5, 0.6) is 0 Å². The molecule has 2 aromatic rings. The van der Waals surface area contributed by atoms with Gasteiger partial charge in [-0.15, -0.1) is 11.3 Å². The first-order chi connectivity index (χ1) is 11.1.